The molecular weight excluding hydrogens is 256 g/mol. The van der Waals surface area contributed by atoms with Gasteiger partial charge in [-0.1, -0.05) is 0 Å². The van der Waals surface area contributed by atoms with Crippen LogP contribution in [-0.4, -0.2) is 60.4 Å². The van der Waals surface area contributed by atoms with E-state index in [2.05, 4.69) is 10.2 Å². The molecule has 0 bridgehead atoms. The van der Waals surface area contributed by atoms with Crippen molar-refractivity contribution in [3.05, 3.63) is 0 Å². The van der Waals surface area contributed by atoms with Crippen LogP contribution in [0.2, 0.25) is 0 Å². The Morgan fingerprint density at radius 3 is 2.80 bits per heavy atom. The van der Waals surface area contributed by atoms with E-state index in [0.29, 0.717) is 12.5 Å². The standard InChI is InChI=1S/C15H30N2O3/c1-12(2)16-15(3,14(18)19)8-6-10-17-9-5-7-13(11-17)20-4/h12-13,16H,5-11H2,1-4H3,(H,18,19). The maximum absolute atomic E-state index is 11.4. The molecule has 0 aromatic rings. The molecule has 1 rings (SSSR count). The summed E-state index contributed by atoms with van der Waals surface area (Å²) in [6, 6.07) is 0.170. The minimum Gasteiger partial charge on any atom is -0.480 e. The Balaban J connectivity index is 2.38. The van der Waals surface area contributed by atoms with E-state index in [1.807, 2.05) is 13.8 Å². The first-order chi connectivity index (χ1) is 9.37. The van der Waals surface area contributed by atoms with Crippen LogP contribution < -0.4 is 5.32 Å². The largest absolute Gasteiger partial charge is 0.480 e. The lowest BCUT2D eigenvalue weighted by Crippen LogP contribution is -2.52. The number of carboxylic acid groups (broad SMARTS) is 1. The quantitative estimate of drug-likeness (QED) is 0.711. The zero-order valence-electron chi connectivity index (χ0n) is 13.3. The lowest BCUT2D eigenvalue weighted by Gasteiger charge is -2.33. The molecule has 2 unspecified atom stereocenters. The first-order valence-corrected chi connectivity index (χ1v) is 7.63. The van der Waals surface area contributed by atoms with Gasteiger partial charge in [-0.05, 0) is 59.5 Å². The molecule has 118 valence electrons. The first kappa shape index (κ1) is 17.4. The van der Waals surface area contributed by atoms with Crippen molar-refractivity contribution in [3.63, 3.8) is 0 Å². The number of hydrogen-bond acceptors (Lipinski definition) is 4. The molecule has 2 N–H and O–H groups in total. The van der Waals surface area contributed by atoms with Crippen molar-refractivity contribution in [1.82, 2.24) is 10.2 Å². The summed E-state index contributed by atoms with van der Waals surface area (Å²) in [5, 5.41) is 12.6. The molecule has 0 aromatic carbocycles. The molecule has 20 heavy (non-hydrogen) atoms. The average Bonchev–Trinajstić information content (AvgIpc) is 2.38. The number of aliphatic carboxylic acids is 1. The summed E-state index contributed by atoms with van der Waals surface area (Å²) >= 11 is 0. The number of nitrogens with zero attached hydrogens (tertiary/aromatic N) is 1. The van der Waals surface area contributed by atoms with Crippen molar-refractivity contribution in [2.75, 3.05) is 26.7 Å². The van der Waals surface area contributed by atoms with Gasteiger partial charge in [0, 0.05) is 19.7 Å². The van der Waals surface area contributed by atoms with Crippen molar-refractivity contribution in [2.24, 2.45) is 0 Å². The number of ether oxygens (including phenoxy) is 1. The Morgan fingerprint density at radius 1 is 1.55 bits per heavy atom. The summed E-state index contributed by atoms with van der Waals surface area (Å²) in [5.41, 5.74) is -0.829. The summed E-state index contributed by atoms with van der Waals surface area (Å²) in [4.78, 5) is 13.8. The fourth-order valence-corrected chi connectivity index (χ4v) is 2.94. The number of piperidine rings is 1. The third kappa shape index (κ3) is 5.38. The third-order valence-electron chi connectivity index (χ3n) is 4.03. The highest BCUT2D eigenvalue weighted by atomic mass is 16.5. The molecule has 1 heterocycles. The SMILES string of the molecule is COC1CCCN(CCCC(C)(NC(C)C)C(=O)O)C1. The van der Waals surface area contributed by atoms with Gasteiger partial charge >= 0.3 is 5.97 Å². The van der Waals surface area contributed by atoms with Gasteiger partial charge in [0.05, 0.1) is 6.10 Å². The average molecular weight is 286 g/mol. The predicted octanol–water partition coefficient (Wildman–Crippen LogP) is 1.72. The van der Waals surface area contributed by atoms with Crippen molar-refractivity contribution in [2.45, 2.75) is 64.1 Å². The zero-order chi connectivity index (χ0) is 15.2. The number of rotatable bonds is 8. The fraction of sp³-hybridized carbons (Fsp3) is 0.933. The van der Waals surface area contributed by atoms with Crippen LogP contribution >= 0.6 is 0 Å². The monoisotopic (exact) mass is 286 g/mol. The molecule has 0 spiro atoms. The van der Waals surface area contributed by atoms with Crippen molar-refractivity contribution in [3.8, 4) is 0 Å². The van der Waals surface area contributed by atoms with Crippen molar-refractivity contribution >= 4 is 5.97 Å². The Bertz CT molecular complexity index is 309. The molecule has 0 radical (unpaired) electrons. The van der Waals surface area contributed by atoms with E-state index >= 15 is 0 Å². The van der Waals surface area contributed by atoms with Crippen LogP contribution in [0.5, 0.6) is 0 Å². The molecule has 1 fully saturated rings. The summed E-state index contributed by atoms with van der Waals surface area (Å²) in [5.74, 6) is -0.764. The molecule has 1 aliphatic heterocycles. The van der Waals surface area contributed by atoms with Crippen LogP contribution in [0.1, 0.15) is 46.5 Å². The number of methoxy groups -OCH3 is 1. The van der Waals surface area contributed by atoms with Gasteiger partial charge in [0.2, 0.25) is 0 Å². The first-order valence-electron chi connectivity index (χ1n) is 7.63. The van der Waals surface area contributed by atoms with E-state index < -0.39 is 11.5 Å². The normalized spacial score (nSPS) is 23.8. The summed E-state index contributed by atoms with van der Waals surface area (Å²) in [6.45, 7) is 8.76. The molecule has 5 nitrogen and oxygen atoms in total. The number of carboxylic acids is 1. The van der Waals surface area contributed by atoms with Gasteiger partial charge in [-0.15, -0.1) is 0 Å². The number of carbonyl (C=O) groups is 1. The highest BCUT2D eigenvalue weighted by molar-refractivity contribution is 5.78. The lowest BCUT2D eigenvalue weighted by atomic mass is 9.94. The second-order valence-electron chi connectivity index (χ2n) is 6.34. The van der Waals surface area contributed by atoms with Gasteiger partial charge in [0.1, 0.15) is 5.54 Å². The zero-order valence-corrected chi connectivity index (χ0v) is 13.3. The Kier molecular flexibility index (Phi) is 6.92. The van der Waals surface area contributed by atoms with Gasteiger partial charge in [-0.25, -0.2) is 0 Å². The molecule has 1 saturated heterocycles. The molecular formula is C15H30N2O3. The van der Waals surface area contributed by atoms with Gasteiger partial charge in [-0.2, -0.15) is 0 Å². The van der Waals surface area contributed by atoms with E-state index in [1.165, 1.54) is 6.42 Å². The Hall–Kier alpha value is -0.650. The fourth-order valence-electron chi connectivity index (χ4n) is 2.94. The van der Waals surface area contributed by atoms with Gasteiger partial charge in [0.25, 0.3) is 0 Å². The third-order valence-corrected chi connectivity index (χ3v) is 4.03. The molecule has 0 saturated carbocycles. The smallest absolute Gasteiger partial charge is 0.323 e. The highest BCUT2D eigenvalue weighted by Gasteiger charge is 2.33. The molecule has 0 aliphatic carbocycles. The van der Waals surface area contributed by atoms with E-state index in [0.717, 1.165) is 32.5 Å². The maximum atomic E-state index is 11.4. The van der Waals surface area contributed by atoms with Gasteiger partial charge < -0.3 is 14.7 Å². The molecule has 0 aromatic heterocycles. The molecule has 5 heteroatoms. The van der Waals surface area contributed by atoms with Crippen LogP contribution in [0, 0.1) is 0 Å². The van der Waals surface area contributed by atoms with Gasteiger partial charge in [-0.3, -0.25) is 10.1 Å². The summed E-state index contributed by atoms with van der Waals surface area (Å²) < 4.78 is 5.41. The van der Waals surface area contributed by atoms with Crippen LogP contribution in [-0.2, 0) is 9.53 Å². The number of nitrogens with one attached hydrogen (secondary N) is 1. The van der Waals surface area contributed by atoms with Crippen molar-refractivity contribution in [1.29, 1.82) is 0 Å². The van der Waals surface area contributed by atoms with Gasteiger partial charge in [0.15, 0.2) is 0 Å². The van der Waals surface area contributed by atoms with E-state index in [9.17, 15) is 9.90 Å². The topological polar surface area (TPSA) is 61.8 Å². The molecule has 2 atom stereocenters. The van der Waals surface area contributed by atoms with Crippen molar-refractivity contribution < 1.29 is 14.6 Å². The molecule has 0 amide bonds. The number of hydrogen-bond donors (Lipinski definition) is 2. The Labute approximate surface area is 122 Å². The second-order valence-corrected chi connectivity index (χ2v) is 6.34. The van der Waals surface area contributed by atoms with Crippen LogP contribution in [0.4, 0.5) is 0 Å². The van der Waals surface area contributed by atoms with Crippen LogP contribution in [0.3, 0.4) is 0 Å². The van der Waals surface area contributed by atoms with Crippen LogP contribution in [0.25, 0.3) is 0 Å². The number of likely N-dealkylation sites (tertiary alicyclic amines) is 1. The van der Waals surface area contributed by atoms with E-state index in [1.54, 1.807) is 14.0 Å². The highest BCUT2D eigenvalue weighted by Crippen LogP contribution is 2.17. The Morgan fingerprint density at radius 2 is 2.25 bits per heavy atom. The molecule has 1 aliphatic rings. The summed E-state index contributed by atoms with van der Waals surface area (Å²) in [7, 11) is 1.77. The van der Waals surface area contributed by atoms with E-state index in [4.69, 9.17) is 4.74 Å². The van der Waals surface area contributed by atoms with E-state index in [-0.39, 0.29) is 6.04 Å². The minimum atomic E-state index is -0.829. The lowest BCUT2D eigenvalue weighted by molar-refractivity contribution is -0.144. The predicted molar refractivity (Wildman–Crippen MR) is 80.0 cm³/mol. The summed E-state index contributed by atoms with van der Waals surface area (Å²) in [6.07, 6.45) is 4.17. The minimum absolute atomic E-state index is 0.170. The second kappa shape index (κ2) is 7.96. The maximum Gasteiger partial charge on any atom is 0.323 e. The van der Waals surface area contributed by atoms with Crippen LogP contribution in [0.15, 0.2) is 0 Å².